The van der Waals surface area contributed by atoms with Crippen LogP contribution in [-0.4, -0.2) is 19.1 Å². The van der Waals surface area contributed by atoms with Crippen LogP contribution in [0.1, 0.15) is 25.0 Å². The van der Waals surface area contributed by atoms with Gasteiger partial charge < -0.3 is 9.13 Å². The van der Waals surface area contributed by atoms with Crippen molar-refractivity contribution in [2.24, 2.45) is 0 Å². The maximum Gasteiger partial charge on any atom is 0.160 e. The van der Waals surface area contributed by atoms with Gasteiger partial charge in [0.15, 0.2) is 5.82 Å². The van der Waals surface area contributed by atoms with Crippen molar-refractivity contribution in [2.45, 2.75) is 19.3 Å². The Bertz CT molecular complexity index is 3750. The minimum absolute atomic E-state index is 0.0724. The Hall–Kier alpha value is -7.82. The number of hydrogen-bond donors (Lipinski definition) is 0. The van der Waals surface area contributed by atoms with Crippen molar-refractivity contribution < 1.29 is 0 Å². The maximum absolute atomic E-state index is 5.50. The molecule has 0 saturated carbocycles. The highest BCUT2D eigenvalue weighted by molar-refractivity contribution is 6.13. The second-order valence-electron chi connectivity index (χ2n) is 17.0. The summed E-state index contributed by atoms with van der Waals surface area (Å²) in [6.45, 7) is 4.66. The Morgan fingerprint density at radius 1 is 0.377 bits per heavy atom. The third-order valence-electron chi connectivity index (χ3n) is 13.3. The third-order valence-corrected chi connectivity index (χ3v) is 13.3. The van der Waals surface area contributed by atoms with Crippen molar-refractivity contribution in [3.63, 3.8) is 0 Å². The molecular weight excluding hydrogens is 741 g/mol. The molecule has 1 aliphatic rings. The molecule has 0 amide bonds. The van der Waals surface area contributed by atoms with E-state index in [2.05, 4.69) is 217 Å². The summed E-state index contributed by atoms with van der Waals surface area (Å²) >= 11 is 0. The van der Waals surface area contributed by atoms with Crippen LogP contribution in [0.15, 0.2) is 194 Å². The number of para-hydroxylation sites is 3. The molecule has 0 saturated heterocycles. The lowest BCUT2D eigenvalue weighted by atomic mass is 9.82. The van der Waals surface area contributed by atoms with Crippen molar-refractivity contribution >= 4 is 65.3 Å². The first-order chi connectivity index (χ1) is 30.0. The van der Waals surface area contributed by atoms with Crippen LogP contribution in [0.5, 0.6) is 0 Å². The van der Waals surface area contributed by atoms with Gasteiger partial charge in [0.25, 0.3) is 0 Å². The van der Waals surface area contributed by atoms with E-state index in [1.54, 1.807) is 0 Å². The zero-order valence-corrected chi connectivity index (χ0v) is 33.8. The molecule has 3 heterocycles. The fraction of sp³-hybridized carbons (Fsp3) is 0.0526. The lowest BCUT2D eigenvalue weighted by Crippen LogP contribution is -2.14. The second kappa shape index (κ2) is 12.6. The molecule has 4 heteroatoms. The zero-order valence-electron chi connectivity index (χ0n) is 33.8. The van der Waals surface area contributed by atoms with Gasteiger partial charge >= 0.3 is 0 Å². The molecule has 286 valence electrons. The monoisotopic (exact) mass is 778 g/mol. The topological polar surface area (TPSA) is 35.6 Å². The van der Waals surface area contributed by atoms with Gasteiger partial charge in [0.2, 0.25) is 0 Å². The fourth-order valence-electron chi connectivity index (χ4n) is 10.4. The number of nitrogens with zero attached hydrogens (tertiary/aromatic N) is 4. The van der Waals surface area contributed by atoms with Gasteiger partial charge in [0.05, 0.1) is 33.3 Å². The molecule has 0 aliphatic heterocycles. The smallest absolute Gasteiger partial charge is 0.160 e. The van der Waals surface area contributed by atoms with Crippen LogP contribution in [0.25, 0.3) is 110 Å². The predicted molar refractivity (Wildman–Crippen MR) is 254 cm³/mol. The van der Waals surface area contributed by atoms with Gasteiger partial charge in [-0.05, 0) is 82.2 Å². The van der Waals surface area contributed by atoms with E-state index in [0.717, 1.165) is 60.9 Å². The van der Waals surface area contributed by atoms with Crippen LogP contribution < -0.4 is 0 Å². The van der Waals surface area contributed by atoms with Gasteiger partial charge in [-0.2, -0.15) is 0 Å². The van der Waals surface area contributed by atoms with Crippen molar-refractivity contribution in [1.82, 2.24) is 19.1 Å². The Labute approximate surface area is 352 Å². The van der Waals surface area contributed by atoms with Gasteiger partial charge in [0.1, 0.15) is 0 Å². The average Bonchev–Trinajstić information content (AvgIpc) is 3.91. The molecule has 0 atom stereocenters. The van der Waals surface area contributed by atoms with E-state index in [4.69, 9.17) is 9.97 Å². The van der Waals surface area contributed by atoms with Crippen molar-refractivity contribution in [1.29, 1.82) is 0 Å². The van der Waals surface area contributed by atoms with E-state index < -0.39 is 0 Å². The van der Waals surface area contributed by atoms with Crippen molar-refractivity contribution in [2.75, 3.05) is 0 Å². The largest absolute Gasteiger partial charge is 0.309 e. The zero-order chi connectivity index (χ0) is 40.4. The summed E-state index contributed by atoms with van der Waals surface area (Å²) in [4.78, 5) is 10.9. The molecule has 0 radical (unpaired) electrons. The van der Waals surface area contributed by atoms with E-state index in [1.165, 1.54) is 54.8 Å². The quantitative estimate of drug-likeness (QED) is 0.167. The first kappa shape index (κ1) is 34.1. The third kappa shape index (κ3) is 4.87. The summed E-state index contributed by atoms with van der Waals surface area (Å²) in [6.07, 6.45) is 0. The predicted octanol–water partition coefficient (Wildman–Crippen LogP) is 14.6. The summed E-state index contributed by atoms with van der Waals surface area (Å²) in [5.74, 6) is 0.702. The molecule has 0 bridgehead atoms. The Kier molecular flexibility index (Phi) is 7.04. The minimum Gasteiger partial charge on any atom is -0.309 e. The number of aromatic nitrogens is 4. The summed E-state index contributed by atoms with van der Waals surface area (Å²) in [5, 5.41) is 8.26. The first-order valence-electron chi connectivity index (χ1n) is 21.1. The van der Waals surface area contributed by atoms with Gasteiger partial charge in [0, 0.05) is 60.2 Å². The highest BCUT2D eigenvalue weighted by Gasteiger charge is 2.35. The van der Waals surface area contributed by atoms with Gasteiger partial charge in [-0.15, -0.1) is 0 Å². The van der Waals surface area contributed by atoms with E-state index in [9.17, 15) is 0 Å². The summed E-state index contributed by atoms with van der Waals surface area (Å²) in [6, 6.07) is 70.5. The lowest BCUT2D eigenvalue weighted by Gasteiger charge is -2.21. The molecule has 0 fully saturated rings. The summed E-state index contributed by atoms with van der Waals surface area (Å²) < 4.78 is 4.80. The molecule has 0 spiro atoms. The molecule has 4 nitrogen and oxygen atoms in total. The van der Waals surface area contributed by atoms with E-state index in [1.807, 2.05) is 0 Å². The molecule has 0 N–H and O–H groups in total. The highest BCUT2D eigenvalue weighted by atomic mass is 15.0. The lowest BCUT2D eigenvalue weighted by molar-refractivity contribution is 0.660. The Balaban J connectivity index is 1.03. The average molecular weight is 779 g/mol. The second-order valence-corrected chi connectivity index (χ2v) is 17.0. The fourth-order valence-corrected chi connectivity index (χ4v) is 10.4. The van der Waals surface area contributed by atoms with Gasteiger partial charge in [-0.25, -0.2) is 9.97 Å². The van der Waals surface area contributed by atoms with Crippen LogP contribution in [0.2, 0.25) is 0 Å². The van der Waals surface area contributed by atoms with Crippen molar-refractivity contribution in [3.05, 3.63) is 205 Å². The molecule has 3 aromatic heterocycles. The number of rotatable bonds is 4. The Morgan fingerprint density at radius 3 is 1.72 bits per heavy atom. The molecule has 61 heavy (non-hydrogen) atoms. The van der Waals surface area contributed by atoms with Crippen LogP contribution in [-0.2, 0) is 5.41 Å². The van der Waals surface area contributed by atoms with E-state index in [0.29, 0.717) is 5.82 Å². The number of fused-ring (bicyclic) bond motifs is 12. The molecule has 12 aromatic rings. The summed E-state index contributed by atoms with van der Waals surface area (Å²) in [7, 11) is 0. The SMILES string of the molecule is CC1(C)c2ccccc2-c2cc(-c3nc(-c4cccc(-n5c6ccccc6c6ccc(-n7c8ccccc8c8ccccc87)cc65)c4)nc4c3ccc3ccccc34)ccc21. The van der Waals surface area contributed by atoms with Crippen LogP contribution >= 0.6 is 0 Å². The minimum atomic E-state index is -0.0724. The maximum atomic E-state index is 5.50. The van der Waals surface area contributed by atoms with Gasteiger partial charge in [-0.1, -0.05) is 153 Å². The molecule has 13 rings (SSSR count). The van der Waals surface area contributed by atoms with Crippen LogP contribution in [0.3, 0.4) is 0 Å². The van der Waals surface area contributed by atoms with Crippen LogP contribution in [0, 0.1) is 0 Å². The summed E-state index contributed by atoms with van der Waals surface area (Å²) in [5.41, 5.74) is 16.0. The first-order valence-corrected chi connectivity index (χ1v) is 21.1. The standard InChI is InChI=1S/C57H38N4/c1-57(2)48-22-9-5-18-41(48)47-33-36(27-31-49(47)57)54-46-29-26-35-14-3-4-17-40(35)55(46)59-56(58-54)37-15-13-16-38(32-37)61-52-25-12-8-21-44(52)45-30-28-39(34-53(45)61)60-50-23-10-6-19-42(50)43-20-7-11-24-51(43)60/h3-34H,1-2H3. The molecular formula is C57H38N4. The van der Waals surface area contributed by atoms with Crippen LogP contribution in [0.4, 0.5) is 0 Å². The molecule has 9 aromatic carbocycles. The normalized spacial score (nSPS) is 13.2. The highest BCUT2D eigenvalue weighted by Crippen LogP contribution is 2.50. The molecule has 1 aliphatic carbocycles. The van der Waals surface area contributed by atoms with E-state index >= 15 is 0 Å². The van der Waals surface area contributed by atoms with Gasteiger partial charge in [-0.3, -0.25) is 0 Å². The number of benzene rings is 9. The number of hydrogen-bond acceptors (Lipinski definition) is 2. The molecule has 0 unspecified atom stereocenters. The Morgan fingerprint density at radius 2 is 0.967 bits per heavy atom. The van der Waals surface area contributed by atoms with E-state index in [-0.39, 0.29) is 5.41 Å². The van der Waals surface area contributed by atoms with Crippen molar-refractivity contribution in [3.8, 4) is 45.1 Å².